The van der Waals surface area contributed by atoms with Crippen LogP contribution in [0.5, 0.6) is 0 Å². The highest BCUT2D eigenvalue weighted by Crippen LogP contribution is 2.26. The van der Waals surface area contributed by atoms with E-state index in [9.17, 15) is 9.59 Å². The zero-order valence-corrected chi connectivity index (χ0v) is 18.7. The Morgan fingerprint density at radius 1 is 0.824 bits per heavy atom. The van der Waals surface area contributed by atoms with Crippen molar-refractivity contribution in [2.75, 3.05) is 10.6 Å². The summed E-state index contributed by atoms with van der Waals surface area (Å²) >= 11 is 0. The smallest absolute Gasteiger partial charge is 0.291 e. The molecule has 0 radical (unpaired) electrons. The minimum atomic E-state index is -0.430. The Morgan fingerprint density at radius 3 is 2.32 bits per heavy atom. The molecule has 0 aliphatic heterocycles. The molecule has 3 aromatic carbocycles. The van der Waals surface area contributed by atoms with Gasteiger partial charge in [0.05, 0.1) is 34.0 Å². The van der Waals surface area contributed by atoms with Crippen LogP contribution in [-0.2, 0) is 0 Å². The topological polar surface area (TPSA) is 89.2 Å². The van der Waals surface area contributed by atoms with Gasteiger partial charge in [0.2, 0.25) is 0 Å². The number of hydrogen-bond acceptors (Lipinski definition) is 4. The molecule has 5 aromatic rings. The van der Waals surface area contributed by atoms with Crippen LogP contribution in [0.15, 0.2) is 89.3 Å². The molecule has 7 heteroatoms. The molecule has 0 bridgehead atoms. The van der Waals surface area contributed by atoms with Gasteiger partial charge in [-0.25, -0.2) is 4.68 Å². The van der Waals surface area contributed by atoms with Crippen molar-refractivity contribution in [3.05, 3.63) is 108 Å². The summed E-state index contributed by atoms with van der Waals surface area (Å²) in [7, 11) is 0. The first-order valence-corrected chi connectivity index (χ1v) is 10.8. The normalized spacial score (nSPS) is 10.9. The van der Waals surface area contributed by atoms with E-state index in [-0.39, 0.29) is 11.7 Å². The molecule has 0 aliphatic carbocycles. The van der Waals surface area contributed by atoms with Crippen molar-refractivity contribution >= 4 is 34.2 Å². The van der Waals surface area contributed by atoms with E-state index >= 15 is 0 Å². The standard InChI is InChI=1S/C27H22N4O3/c1-17-25(18(2)31(30-17)20-11-4-3-5-12-20)29-26(32)21-13-7-8-14-22(21)28-27(33)24-16-19-10-6-9-15-23(19)34-24/h3-16H,1-2H3,(H,28,33)(H,29,32). The van der Waals surface area contributed by atoms with Gasteiger partial charge in [0.15, 0.2) is 5.76 Å². The van der Waals surface area contributed by atoms with Gasteiger partial charge in [-0.05, 0) is 50.2 Å². The van der Waals surface area contributed by atoms with Gasteiger partial charge in [-0.3, -0.25) is 9.59 Å². The third-order valence-electron chi connectivity index (χ3n) is 5.60. The lowest BCUT2D eigenvalue weighted by atomic mass is 10.1. The van der Waals surface area contributed by atoms with Crippen LogP contribution in [-0.4, -0.2) is 21.6 Å². The van der Waals surface area contributed by atoms with Gasteiger partial charge in [0, 0.05) is 5.39 Å². The van der Waals surface area contributed by atoms with Crippen LogP contribution in [0.1, 0.15) is 32.3 Å². The Kier molecular flexibility index (Phi) is 5.43. The van der Waals surface area contributed by atoms with Crippen LogP contribution in [0.4, 0.5) is 11.4 Å². The van der Waals surface area contributed by atoms with Crippen molar-refractivity contribution in [3.8, 4) is 5.69 Å². The first-order valence-electron chi connectivity index (χ1n) is 10.8. The average Bonchev–Trinajstić information content (AvgIpc) is 3.41. The highest BCUT2D eigenvalue weighted by atomic mass is 16.3. The van der Waals surface area contributed by atoms with Crippen LogP contribution < -0.4 is 10.6 Å². The van der Waals surface area contributed by atoms with Crippen molar-refractivity contribution in [1.82, 2.24) is 9.78 Å². The number of aryl methyl sites for hydroxylation is 1. The highest BCUT2D eigenvalue weighted by molar-refractivity contribution is 6.12. The molecule has 0 fully saturated rings. The van der Waals surface area contributed by atoms with Crippen LogP contribution in [0.25, 0.3) is 16.7 Å². The minimum Gasteiger partial charge on any atom is -0.451 e. The summed E-state index contributed by atoms with van der Waals surface area (Å²) in [5.74, 6) is -0.604. The Hall–Kier alpha value is -4.65. The third-order valence-corrected chi connectivity index (χ3v) is 5.60. The lowest BCUT2D eigenvalue weighted by Gasteiger charge is -2.11. The van der Waals surface area contributed by atoms with Crippen molar-refractivity contribution < 1.29 is 14.0 Å². The van der Waals surface area contributed by atoms with E-state index in [2.05, 4.69) is 15.7 Å². The summed E-state index contributed by atoms with van der Waals surface area (Å²) in [6.07, 6.45) is 0. The number of aromatic nitrogens is 2. The SMILES string of the molecule is Cc1nn(-c2ccccc2)c(C)c1NC(=O)c1ccccc1NC(=O)c1cc2ccccc2o1. The maximum absolute atomic E-state index is 13.2. The monoisotopic (exact) mass is 450 g/mol. The van der Waals surface area contributed by atoms with Crippen LogP contribution in [0.2, 0.25) is 0 Å². The maximum atomic E-state index is 13.2. The molecular weight excluding hydrogens is 428 g/mol. The second-order valence-electron chi connectivity index (χ2n) is 7.90. The highest BCUT2D eigenvalue weighted by Gasteiger charge is 2.20. The second kappa shape index (κ2) is 8.71. The zero-order chi connectivity index (χ0) is 23.7. The number of benzene rings is 3. The predicted molar refractivity (Wildman–Crippen MR) is 132 cm³/mol. The fraction of sp³-hybridized carbons (Fsp3) is 0.0741. The number of hydrogen-bond donors (Lipinski definition) is 2. The lowest BCUT2D eigenvalue weighted by Crippen LogP contribution is -2.18. The lowest BCUT2D eigenvalue weighted by molar-refractivity contribution is 0.0998. The summed E-state index contributed by atoms with van der Waals surface area (Å²) in [6, 6.07) is 25.6. The molecule has 5 rings (SSSR count). The van der Waals surface area contributed by atoms with Gasteiger partial charge >= 0.3 is 0 Å². The van der Waals surface area contributed by atoms with E-state index in [1.165, 1.54) is 0 Å². The molecule has 2 aromatic heterocycles. The quantitative estimate of drug-likeness (QED) is 0.357. The van der Waals surface area contributed by atoms with Crippen molar-refractivity contribution in [1.29, 1.82) is 0 Å². The molecule has 34 heavy (non-hydrogen) atoms. The number of rotatable bonds is 5. The van der Waals surface area contributed by atoms with E-state index in [1.54, 1.807) is 41.1 Å². The maximum Gasteiger partial charge on any atom is 0.291 e. The van der Waals surface area contributed by atoms with E-state index in [4.69, 9.17) is 4.42 Å². The van der Waals surface area contributed by atoms with Crippen molar-refractivity contribution in [2.24, 2.45) is 0 Å². The van der Waals surface area contributed by atoms with E-state index in [1.807, 2.05) is 62.4 Å². The summed E-state index contributed by atoms with van der Waals surface area (Å²) in [6.45, 7) is 3.75. The first kappa shape index (κ1) is 21.2. The van der Waals surface area contributed by atoms with Crippen molar-refractivity contribution in [2.45, 2.75) is 13.8 Å². The molecule has 7 nitrogen and oxygen atoms in total. The summed E-state index contributed by atoms with van der Waals surface area (Å²) < 4.78 is 7.44. The number of nitrogens with zero attached hydrogens (tertiary/aromatic N) is 2. The van der Waals surface area contributed by atoms with Gasteiger partial charge < -0.3 is 15.1 Å². The molecule has 0 aliphatic rings. The number of carbonyl (C=O) groups excluding carboxylic acids is 2. The third kappa shape index (κ3) is 3.95. The minimum absolute atomic E-state index is 0.173. The molecule has 2 heterocycles. The Balaban J connectivity index is 1.40. The number of nitrogens with one attached hydrogen (secondary N) is 2. The van der Waals surface area contributed by atoms with Crippen LogP contribution in [0, 0.1) is 13.8 Å². The Labute approximate surface area is 196 Å². The number of anilines is 2. The van der Waals surface area contributed by atoms with Gasteiger partial charge in [0.25, 0.3) is 11.8 Å². The van der Waals surface area contributed by atoms with Gasteiger partial charge in [-0.1, -0.05) is 48.5 Å². The van der Waals surface area contributed by atoms with Crippen LogP contribution in [0.3, 0.4) is 0 Å². The van der Waals surface area contributed by atoms with E-state index < -0.39 is 5.91 Å². The van der Waals surface area contributed by atoms with Gasteiger partial charge in [-0.2, -0.15) is 5.10 Å². The van der Waals surface area contributed by atoms with Gasteiger partial charge in [0.1, 0.15) is 5.58 Å². The number of para-hydroxylation sites is 3. The Bertz CT molecular complexity index is 1480. The fourth-order valence-corrected chi connectivity index (χ4v) is 3.89. The second-order valence-corrected chi connectivity index (χ2v) is 7.90. The summed E-state index contributed by atoms with van der Waals surface area (Å²) in [5, 5.41) is 11.2. The summed E-state index contributed by atoms with van der Waals surface area (Å²) in [4.78, 5) is 26.1. The number of furan rings is 1. The van der Waals surface area contributed by atoms with Gasteiger partial charge in [-0.15, -0.1) is 0 Å². The molecule has 2 amide bonds. The predicted octanol–water partition coefficient (Wildman–Crippen LogP) is 5.74. The van der Waals surface area contributed by atoms with E-state index in [0.29, 0.717) is 28.2 Å². The van der Waals surface area contributed by atoms with E-state index in [0.717, 1.165) is 16.8 Å². The molecular formula is C27H22N4O3. The van der Waals surface area contributed by atoms with Crippen molar-refractivity contribution in [3.63, 3.8) is 0 Å². The fourth-order valence-electron chi connectivity index (χ4n) is 3.89. The number of amides is 2. The molecule has 0 saturated heterocycles. The largest absolute Gasteiger partial charge is 0.451 e. The molecule has 0 spiro atoms. The first-order chi connectivity index (χ1) is 16.5. The zero-order valence-electron chi connectivity index (χ0n) is 18.7. The molecule has 0 unspecified atom stereocenters. The Morgan fingerprint density at radius 2 is 1.53 bits per heavy atom. The molecule has 0 saturated carbocycles. The molecule has 168 valence electrons. The number of carbonyl (C=O) groups is 2. The molecule has 2 N–H and O–H groups in total. The summed E-state index contributed by atoms with van der Waals surface area (Å²) in [5.41, 5.74) is 4.38. The van der Waals surface area contributed by atoms with Crippen LogP contribution >= 0.6 is 0 Å². The number of fused-ring (bicyclic) bond motifs is 1. The average molecular weight is 450 g/mol. The molecule has 0 atom stereocenters.